The van der Waals surface area contributed by atoms with Crippen molar-refractivity contribution in [3.8, 4) is 0 Å². The molecule has 2 heterocycles. The Morgan fingerprint density at radius 1 is 1.24 bits per heavy atom. The Hall–Kier alpha value is -2.41. The number of rotatable bonds is 4. The van der Waals surface area contributed by atoms with Gasteiger partial charge >= 0.3 is 11.9 Å². The summed E-state index contributed by atoms with van der Waals surface area (Å²) in [5.74, 6) is -2.88. The summed E-state index contributed by atoms with van der Waals surface area (Å²) >= 11 is 1.54. The van der Waals surface area contributed by atoms with E-state index in [9.17, 15) is 14.4 Å². The number of carbonyl (C=O) groups excluding carboxylic acids is 3. The van der Waals surface area contributed by atoms with Gasteiger partial charge in [-0.25, -0.2) is 4.79 Å². The summed E-state index contributed by atoms with van der Waals surface area (Å²) in [7, 11) is 1.29. The van der Waals surface area contributed by atoms with Crippen LogP contribution in [0, 0.1) is 18.8 Å². The summed E-state index contributed by atoms with van der Waals surface area (Å²) in [4.78, 5) is 40.8. The minimum atomic E-state index is -0.870. The fraction of sp³-hybridized carbons (Fsp3) is 0.500. The highest BCUT2D eigenvalue weighted by molar-refractivity contribution is 7.12. The van der Waals surface area contributed by atoms with E-state index >= 15 is 0 Å². The number of aryl methyl sites for hydroxylation is 1. The molecule has 0 saturated heterocycles. The lowest BCUT2D eigenvalue weighted by atomic mass is 9.70. The van der Waals surface area contributed by atoms with Gasteiger partial charge in [0.05, 0.1) is 24.7 Å². The average molecular weight is 418 g/mol. The molecule has 0 bridgehead atoms. The monoisotopic (exact) mass is 417 g/mol. The van der Waals surface area contributed by atoms with E-state index in [0.717, 1.165) is 15.5 Å². The van der Waals surface area contributed by atoms with Gasteiger partial charge in [-0.1, -0.05) is 6.92 Å². The van der Waals surface area contributed by atoms with Gasteiger partial charge in [-0.3, -0.25) is 9.59 Å². The van der Waals surface area contributed by atoms with Crippen LogP contribution in [-0.4, -0.2) is 30.9 Å². The number of methoxy groups -OCH3 is 1. The molecule has 0 radical (unpaired) electrons. The second-order valence-electron chi connectivity index (χ2n) is 7.94. The van der Waals surface area contributed by atoms with Gasteiger partial charge in [0, 0.05) is 26.7 Å². The number of nitrogens with one attached hydrogen (secondary N) is 1. The predicted octanol–water partition coefficient (Wildman–Crippen LogP) is 3.62. The first kappa shape index (κ1) is 21.3. The van der Waals surface area contributed by atoms with Crippen LogP contribution in [0.4, 0.5) is 0 Å². The van der Waals surface area contributed by atoms with E-state index in [1.54, 1.807) is 13.8 Å². The second kappa shape index (κ2) is 8.14. The number of Topliss-reactive ketones (excluding diaryl/α,β-unsaturated/α-hetero) is 1. The standard InChI is InChI=1S/C22H27NO5S/c1-10(2)28-22(26)17-13(5)23-14-9-11(3)16(21(25)27-6)20(24)18(14)19(17)15-8-7-12(4)29-15/h7-8,10-11,16,19,23H,9H2,1-6H3/t11-,16+,19-/m1/s1. The van der Waals surface area contributed by atoms with Crippen LogP contribution in [0.3, 0.4) is 0 Å². The van der Waals surface area contributed by atoms with Gasteiger partial charge < -0.3 is 14.8 Å². The van der Waals surface area contributed by atoms with Crippen LogP contribution < -0.4 is 5.32 Å². The van der Waals surface area contributed by atoms with Crippen molar-refractivity contribution in [3.05, 3.63) is 44.4 Å². The molecule has 0 unspecified atom stereocenters. The number of hydrogen-bond acceptors (Lipinski definition) is 7. The molecule has 156 valence electrons. The summed E-state index contributed by atoms with van der Waals surface area (Å²) < 4.78 is 10.4. The van der Waals surface area contributed by atoms with Crippen molar-refractivity contribution >= 4 is 29.1 Å². The second-order valence-corrected chi connectivity index (χ2v) is 9.26. The summed E-state index contributed by atoms with van der Waals surface area (Å²) in [6.45, 7) is 9.27. The molecule has 1 aromatic rings. The van der Waals surface area contributed by atoms with Crippen LogP contribution >= 0.6 is 11.3 Å². The van der Waals surface area contributed by atoms with Crippen LogP contribution in [0.2, 0.25) is 0 Å². The van der Waals surface area contributed by atoms with Crippen LogP contribution in [0.5, 0.6) is 0 Å². The van der Waals surface area contributed by atoms with E-state index in [1.807, 2.05) is 32.9 Å². The van der Waals surface area contributed by atoms with Crippen molar-refractivity contribution in [1.82, 2.24) is 5.32 Å². The number of ether oxygens (including phenoxy) is 2. The largest absolute Gasteiger partial charge is 0.468 e. The lowest BCUT2D eigenvalue weighted by Crippen LogP contribution is -2.43. The molecule has 7 heteroatoms. The number of thiophene rings is 1. The van der Waals surface area contributed by atoms with Gasteiger partial charge in [0.1, 0.15) is 5.92 Å². The quantitative estimate of drug-likeness (QED) is 0.595. The fourth-order valence-corrected chi connectivity index (χ4v) is 5.12. The molecule has 0 fully saturated rings. The molecule has 6 nitrogen and oxygen atoms in total. The topological polar surface area (TPSA) is 81.7 Å². The Morgan fingerprint density at radius 2 is 1.93 bits per heavy atom. The number of allylic oxidation sites excluding steroid dienone is 3. The van der Waals surface area contributed by atoms with Crippen molar-refractivity contribution < 1.29 is 23.9 Å². The summed E-state index contributed by atoms with van der Waals surface area (Å²) in [6, 6.07) is 3.91. The van der Waals surface area contributed by atoms with Crippen molar-refractivity contribution in [2.75, 3.05) is 7.11 Å². The highest BCUT2D eigenvalue weighted by atomic mass is 32.1. The zero-order chi connectivity index (χ0) is 21.5. The van der Waals surface area contributed by atoms with Crippen LogP contribution in [0.15, 0.2) is 34.7 Å². The van der Waals surface area contributed by atoms with Gasteiger partial charge in [0.2, 0.25) is 0 Å². The highest BCUT2D eigenvalue weighted by Crippen LogP contribution is 2.47. The molecule has 1 aliphatic heterocycles. The molecule has 0 saturated carbocycles. The lowest BCUT2D eigenvalue weighted by molar-refractivity contribution is -0.151. The Bertz CT molecular complexity index is 923. The van der Waals surface area contributed by atoms with Gasteiger partial charge in [0.25, 0.3) is 0 Å². The Morgan fingerprint density at radius 3 is 2.48 bits per heavy atom. The number of ketones is 1. The molecular formula is C22H27NO5S. The zero-order valence-electron chi connectivity index (χ0n) is 17.6. The van der Waals surface area contributed by atoms with Crippen molar-refractivity contribution in [2.24, 2.45) is 11.8 Å². The lowest BCUT2D eigenvalue weighted by Gasteiger charge is -2.37. The maximum absolute atomic E-state index is 13.5. The normalized spacial score (nSPS) is 24.4. The van der Waals surface area contributed by atoms with Crippen molar-refractivity contribution in [2.45, 2.75) is 53.1 Å². The van der Waals surface area contributed by atoms with Crippen LogP contribution in [0.1, 0.15) is 49.8 Å². The van der Waals surface area contributed by atoms with E-state index in [1.165, 1.54) is 18.4 Å². The van der Waals surface area contributed by atoms with E-state index < -0.39 is 23.8 Å². The van der Waals surface area contributed by atoms with Crippen LogP contribution in [0.25, 0.3) is 0 Å². The van der Waals surface area contributed by atoms with Crippen molar-refractivity contribution in [1.29, 1.82) is 0 Å². The van der Waals surface area contributed by atoms with E-state index in [-0.39, 0.29) is 17.8 Å². The molecule has 1 aliphatic carbocycles. The summed E-state index contributed by atoms with van der Waals surface area (Å²) in [6.07, 6.45) is 0.250. The number of dihydropyridines is 1. The molecule has 29 heavy (non-hydrogen) atoms. The molecule has 0 amide bonds. The maximum atomic E-state index is 13.5. The zero-order valence-corrected chi connectivity index (χ0v) is 18.4. The molecule has 3 atom stereocenters. The SMILES string of the molecule is COC(=O)[C@@H]1C(=O)C2=C(C[C@H]1C)NC(C)=C(C(=O)OC(C)C)[C@H]2c1ccc(C)s1. The molecule has 3 rings (SSSR count). The molecule has 2 aliphatic rings. The first-order valence-electron chi connectivity index (χ1n) is 9.75. The van der Waals surface area contributed by atoms with E-state index in [2.05, 4.69) is 5.32 Å². The molecule has 1 N–H and O–H groups in total. The third-order valence-electron chi connectivity index (χ3n) is 5.35. The van der Waals surface area contributed by atoms with E-state index in [4.69, 9.17) is 9.47 Å². The first-order chi connectivity index (χ1) is 13.6. The van der Waals surface area contributed by atoms with Crippen molar-refractivity contribution in [3.63, 3.8) is 0 Å². The number of hydrogen-bond donors (Lipinski definition) is 1. The average Bonchev–Trinajstić information content (AvgIpc) is 3.05. The molecular weight excluding hydrogens is 390 g/mol. The van der Waals surface area contributed by atoms with Crippen LogP contribution in [-0.2, 0) is 23.9 Å². The Labute approximate surface area is 175 Å². The summed E-state index contributed by atoms with van der Waals surface area (Å²) in [5, 5.41) is 3.26. The number of esters is 2. The van der Waals surface area contributed by atoms with Gasteiger partial charge in [-0.05, 0) is 52.2 Å². The Kier molecular flexibility index (Phi) is 5.98. The van der Waals surface area contributed by atoms with E-state index in [0.29, 0.717) is 23.3 Å². The third kappa shape index (κ3) is 3.88. The molecule has 0 aromatic carbocycles. The maximum Gasteiger partial charge on any atom is 0.337 e. The molecule has 1 aromatic heterocycles. The first-order valence-corrected chi connectivity index (χ1v) is 10.6. The predicted molar refractivity (Wildman–Crippen MR) is 110 cm³/mol. The highest BCUT2D eigenvalue weighted by Gasteiger charge is 2.47. The van der Waals surface area contributed by atoms with Gasteiger partial charge in [-0.15, -0.1) is 11.3 Å². The summed E-state index contributed by atoms with van der Waals surface area (Å²) in [5.41, 5.74) is 2.35. The smallest absolute Gasteiger partial charge is 0.337 e. The van der Waals surface area contributed by atoms with Gasteiger partial charge in [-0.2, -0.15) is 0 Å². The minimum Gasteiger partial charge on any atom is -0.468 e. The Balaban J connectivity index is 2.15. The fourth-order valence-electron chi connectivity index (χ4n) is 4.12. The molecule has 0 spiro atoms. The number of carbonyl (C=O) groups is 3. The minimum absolute atomic E-state index is 0.191. The van der Waals surface area contributed by atoms with Gasteiger partial charge in [0.15, 0.2) is 5.78 Å². The third-order valence-corrected chi connectivity index (χ3v) is 6.42.